The van der Waals surface area contributed by atoms with E-state index in [9.17, 15) is 19.1 Å². The summed E-state index contributed by atoms with van der Waals surface area (Å²) in [5, 5.41) is 9.62. The number of carboxylic acids is 1. The van der Waals surface area contributed by atoms with Crippen LogP contribution in [0.2, 0.25) is 0 Å². The normalized spacial score (nSPS) is 21.6. The molecule has 1 saturated heterocycles. The van der Waals surface area contributed by atoms with Crippen molar-refractivity contribution in [1.82, 2.24) is 4.90 Å². The molecule has 0 bridgehead atoms. The molecule has 1 aliphatic heterocycles. The molecule has 1 aliphatic rings. The minimum atomic E-state index is -1.12. The van der Waals surface area contributed by atoms with E-state index in [2.05, 4.69) is 0 Å². The monoisotopic (exact) mass is 405 g/mol. The van der Waals surface area contributed by atoms with Crippen LogP contribution >= 0.6 is 22.6 Å². The number of carbonyl (C=O) groups is 2. The Morgan fingerprint density at radius 2 is 2.19 bits per heavy atom. The summed E-state index contributed by atoms with van der Waals surface area (Å²) in [7, 11) is 0. The Labute approximate surface area is 136 Å². The van der Waals surface area contributed by atoms with Crippen LogP contribution in [0.15, 0.2) is 18.2 Å². The van der Waals surface area contributed by atoms with Gasteiger partial charge in [-0.3, -0.25) is 4.79 Å². The van der Waals surface area contributed by atoms with Gasteiger partial charge in [-0.15, -0.1) is 0 Å². The van der Waals surface area contributed by atoms with Crippen molar-refractivity contribution >= 4 is 34.5 Å². The Hall–Kier alpha value is -1.18. The maximum absolute atomic E-state index is 13.2. The highest BCUT2D eigenvalue weighted by Crippen LogP contribution is 2.35. The third-order valence-corrected chi connectivity index (χ3v) is 4.85. The average Bonchev–Trinajstić information content (AvgIpc) is 2.83. The van der Waals surface area contributed by atoms with Crippen molar-refractivity contribution in [3.63, 3.8) is 0 Å². The molecule has 1 N–H and O–H groups in total. The van der Waals surface area contributed by atoms with Gasteiger partial charge in [-0.25, -0.2) is 9.18 Å². The van der Waals surface area contributed by atoms with Gasteiger partial charge in [0.25, 0.3) is 5.91 Å². The first-order chi connectivity index (χ1) is 9.92. The molecular weight excluding hydrogens is 388 g/mol. The lowest BCUT2D eigenvalue weighted by Crippen LogP contribution is -2.53. The molecule has 1 heterocycles. The van der Waals surface area contributed by atoms with E-state index in [-0.39, 0.29) is 5.91 Å². The molecule has 2 rings (SSSR count). The molecule has 1 aromatic rings. The molecule has 1 fully saturated rings. The lowest BCUT2D eigenvalue weighted by atomic mass is 9.90. The molecule has 114 valence electrons. The minimum Gasteiger partial charge on any atom is -0.479 e. The minimum absolute atomic E-state index is 0.326. The third kappa shape index (κ3) is 2.90. The van der Waals surface area contributed by atoms with Gasteiger partial charge >= 0.3 is 5.97 Å². The zero-order valence-corrected chi connectivity index (χ0v) is 13.9. The maximum atomic E-state index is 13.2. The fourth-order valence-corrected chi connectivity index (χ4v) is 3.69. The highest BCUT2D eigenvalue weighted by molar-refractivity contribution is 14.1. The Morgan fingerprint density at radius 3 is 2.76 bits per heavy atom. The topological polar surface area (TPSA) is 57.6 Å². The largest absolute Gasteiger partial charge is 0.479 e. The number of carbonyl (C=O) groups excluding carboxylic acids is 1. The lowest BCUT2D eigenvalue weighted by molar-refractivity contribution is -0.148. The average molecular weight is 405 g/mol. The van der Waals surface area contributed by atoms with Crippen LogP contribution in [0.4, 0.5) is 4.39 Å². The Kier molecular flexibility index (Phi) is 4.85. The molecule has 1 amide bonds. The second-order valence-electron chi connectivity index (χ2n) is 5.27. The van der Waals surface area contributed by atoms with Crippen molar-refractivity contribution in [2.45, 2.75) is 38.1 Å². The van der Waals surface area contributed by atoms with Crippen LogP contribution in [-0.2, 0) is 4.79 Å². The Morgan fingerprint density at radius 1 is 1.48 bits per heavy atom. The number of hydrogen-bond donors (Lipinski definition) is 1. The molecule has 4 nitrogen and oxygen atoms in total. The molecular formula is C15H17FINO3. The number of carboxylic acid groups (broad SMARTS) is 1. The molecule has 6 heteroatoms. The number of hydrogen-bond acceptors (Lipinski definition) is 2. The fourth-order valence-electron chi connectivity index (χ4n) is 2.99. The highest BCUT2D eigenvalue weighted by Gasteiger charge is 2.49. The lowest BCUT2D eigenvalue weighted by Gasteiger charge is -2.35. The van der Waals surface area contributed by atoms with Gasteiger partial charge in [-0.05, 0) is 60.1 Å². The van der Waals surface area contributed by atoms with E-state index in [0.717, 1.165) is 0 Å². The number of likely N-dealkylation sites (tertiary alicyclic amines) is 1. The van der Waals surface area contributed by atoms with E-state index in [1.165, 1.54) is 23.1 Å². The molecule has 1 unspecified atom stereocenters. The van der Waals surface area contributed by atoms with Gasteiger partial charge in [0, 0.05) is 10.1 Å². The number of halogens is 2. The quantitative estimate of drug-likeness (QED) is 0.783. The second kappa shape index (κ2) is 6.29. The SMILES string of the molecule is CCCC1(C(=O)O)CCCN1C(=O)c1ccc(F)cc1I. The van der Waals surface area contributed by atoms with Crippen molar-refractivity contribution in [3.05, 3.63) is 33.1 Å². The molecule has 0 radical (unpaired) electrons. The van der Waals surface area contributed by atoms with E-state index in [4.69, 9.17) is 0 Å². The van der Waals surface area contributed by atoms with Gasteiger partial charge in [-0.2, -0.15) is 0 Å². The Bertz CT molecular complexity index is 578. The van der Waals surface area contributed by atoms with Gasteiger partial charge in [0.2, 0.25) is 0 Å². The van der Waals surface area contributed by atoms with Gasteiger partial charge < -0.3 is 10.0 Å². The van der Waals surface area contributed by atoms with Crippen LogP contribution in [0.3, 0.4) is 0 Å². The molecule has 21 heavy (non-hydrogen) atoms. The first-order valence-corrected chi connectivity index (χ1v) is 8.00. The summed E-state index contributed by atoms with van der Waals surface area (Å²) in [6.45, 7) is 2.34. The summed E-state index contributed by atoms with van der Waals surface area (Å²) in [6.07, 6.45) is 2.28. The Balaban J connectivity index is 2.39. The van der Waals surface area contributed by atoms with Gasteiger partial charge in [0.05, 0.1) is 5.56 Å². The van der Waals surface area contributed by atoms with Crippen LogP contribution < -0.4 is 0 Å². The summed E-state index contributed by atoms with van der Waals surface area (Å²) in [5.41, 5.74) is -0.760. The van der Waals surface area contributed by atoms with Gasteiger partial charge in [0.15, 0.2) is 0 Å². The molecule has 0 saturated carbocycles. The van der Waals surface area contributed by atoms with Crippen LogP contribution in [0.1, 0.15) is 43.0 Å². The van der Waals surface area contributed by atoms with E-state index in [1.54, 1.807) is 0 Å². The molecule has 0 spiro atoms. The third-order valence-electron chi connectivity index (χ3n) is 3.96. The highest BCUT2D eigenvalue weighted by atomic mass is 127. The number of nitrogens with zero attached hydrogens (tertiary/aromatic N) is 1. The fraction of sp³-hybridized carbons (Fsp3) is 0.467. The van der Waals surface area contributed by atoms with Crippen molar-refractivity contribution < 1.29 is 19.1 Å². The van der Waals surface area contributed by atoms with Crippen molar-refractivity contribution in [3.8, 4) is 0 Å². The van der Waals surface area contributed by atoms with Gasteiger partial charge in [0.1, 0.15) is 11.4 Å². The van der Waals surface area contributed by atoms with Crippen LogP contribution in [-0.4, -0.2) is 34.0 Å². The maximum Gasteiger partial charge on any atom is 0.329 e. The number of amides is 1. The first kappa shape index (κ1) is 16.2. The molecule has 1 aromatic carbocycles. The zero-order chi connectivity index (χ0) is 15.6. The predicted octanol–water partition coefficient (Wildman–Crippen LogP) is 3.29. The summed E-state index contributed by atoms with van der Waals surface area (Å²) in [6, 6.07) is 3.94. The van der Waals surface area contributed by atoms with Crippen molar-refractivity contribution in [2.24, 2.45) is 0 Å². The van der Waals surface area contributed by atoms with E-state index < -0.39 is 17.3 Å². The number of aliphatic carboxylic acids is 1. The van der Waals surface area contributed by atoms with Crippen LogP contribution in [0.25, 0.3) is 0 Å². The molecule has 0 aliphatic carbocycles. The van der Waals surface area contributed by atoms with E-state index in [1.807, 2.05) is 29.5 Å². The van der Waals surface area contributed by atoms with Crippen molar-refractivity contribution in [1.29, 1.82) is 0 Å². The van der Waals surface area contributed by atoms with Crippen molar-refractivity contribution in [2.75, 3.05) is 6.54 Å². The summed E-state index contributed by atoms with van der Waals surface area (Å²) < 4.78 is 13.7. The van der Waals surface area contributed by atoms with E-state index >= 15 is 0 Å². The predicted molar refractivity (Wildman–Crippen MR) is 84.7 cm³/mol. The zero-order valence-electron chi connectivity index (χ0n) is 11.7. The second-order valence-corrected chi connectivity index (χ2v) is 6.43. The van der Waals surface area contributed by atoms with E-state index in [0.29, 0.717) is 41.4 Å². The molecule has 0 aromatic heterocycles. The smallest absolute Gasteiger partial charge is 0.329 e. The number of rotatable bonds is 4. The summed E-state index contributed by atoms with van der Waals surface area (Å²) in [4.78, 5) is 25.9. The standard InChI is InChI=1S/C15H17FINO3/c1-2-6-15(14(20)21)7-3-8-18(15)13(19)11-5-4-10(16)9-12(11)17/h4-5,9H,2-3,6-8H2,1H3,(H,20,21). The van der Waals surface area contributed by atoms with Gasteiger partial charge in [-0.1, -0.05) is 13.3 Å². The number of benzene rings is 1. The van der Waals surface area contributed by atoms with Crippen LogP contribution in [0.5, 0.6) is 0 Å². The first-order valence-electron chi connectivity index (χ1n) is 6.93. The summed E-state index contributed by atoms with van der Waals surface area (Å²) >= 11 is 1.90. The summed E-state index contributed by atoms with van der Waals surface area (Å²) in [5.74, 6) is -1.68. The van der Waals surface area contributed by atoms with Crippen LogP contribution in [0, 0.1) is 9.39 Å². The molecule has 1 atom stereocenters.